The summed E-state index contributed by atoms with van der Waals surface area (Å²) in [6, 6.07) is 4.15. The maximum absolute atomic E-state index is 13.5. The number of ether oxygens (including phenoxy) is 1. The third kappa shape index (κ3) is 2.98. The summed E-state index contributed by atoms with van der Waals surface area (Å²) in [6.45, 7) is 0. The van der Waals surface area contributed by atoms with Crippen molar-refractivity contribution in [3.8, 4) is 5.75 Å². The van der Waals surface area contributed by atoms with E-state index in [2.05, 4.69) is 4.74 Å². The van der Waals surface area contributed by atoms with E-state index in [1.54, 1.807) is 0 Å². The van der Waals surface area contributed by atoms with Crippen LogP contribution in [0.5, 0.6) is 5.75 Å². The van der Waals surface area contributed by atoms with Gasteiger partial charge in [0.25, 0.3) is 10.0 Å². The SMILES string of the molecule is COc1ccc(NS(=O)(=O)c2ccc(F)c(F)c2F)cc1F. The lowest BCUT2D eigenvalue weighted by atomic mass is 10.3. The number of methoxy groups -OCH3 is 1. The second kappa shape index (κ2) is 5.84. The number of benzene rings is 2. The van der Waals surface area contributed by atoms with Gasteiger partial charge in [-0.15, -0.1) is 0 Å². The van der Waals surface area contributed by atoms with Crippen LogP contribution in [-0.4, -0.2) is 15.5 Å². The van der Waals surface area contributed by atoms with E-state index in [1.165, 1.54) is 7.11 Å². The number of hydrogen-bond donors (Lipinski definition) is 1. The minimum atomic E-state index is -4.56. The van der Waals surface area contributed by atoms with Gasteiger partial charge >= 0.3 is 0 Å². The molecule has 0 aromatic heterocycles. The van der Waals surface area contributed by atoms with Crippen molar-refractivity contribution in [3.05, 3.63) is 53.6 Å². The highest BCUT2D eigenvalue weighted by Gasteiger charge is 2.24. The number of hydrogen-bond acceptors (Lipinski definition) is 3. The van der Waals surface area contributed by atoms with Crippen LogP contribution in [-0.2, 0) is 10.0 Å². The van der Waals surface area contributed by atoms with Crippen LogP contribution in [0.25, 0.3) is 0 Å². The van der Waals surface area contributed by atoms with Crippen LogP contribution in [0.4, 0.5) is 23.2 Å². The third-order valence-electron chi connectivity index (χ3n) is 2.69. The second-order valence-electron chi connectivity index (χ2n) is 4.13. The van der Waals surface area contributed by atoms with Gasteiger partial charge < -0.3 is 4.74 Å². The van der Waals surface area contributed by atoms with Crippen molar-refractivity contribution < 1.29 is 30.7 Å². The van der Waals surface area contributed by atoms with Crippen LogP contribution >= 0.6 is 0 Å². The molecule has 0 aliphatic rings. The standard InChI is InChI=1S/C13H9F4NO3S/c1-21-10-4-2-7(6-9(10)15)18-22(19,20)11-5-3-8(14)12(16)13(11)17/h2-6,18H,1H3. The van der Waals surface area contributed by atoms with Gasteiger partial charge in [-0.3, -0.25) is 4.72 Å². The van der Waals surface area contributed by atoms with Gasteiger partial charge in [-0.05, 0) is 24.3 Å². The Morgan fingerprint density at radius 3 is 2.23 bits per heavy atom. The zero-order chi connectivity index (χ0) is 16.5. The molecule has 4 nitrogen and oxygen atoms in total. The number of anilines is 1. The normalized spacial score (nSPS) is 11.3. The molecule has 0 amide bonds. The van der Waals surface area contributed by atoms with E-state index in [-0.39, 0.29) is 11.4 Å². The molecule has 0 fully saturated rings. The highest BCUT2D eigenvalue weighted by molar-refractivity contribution is 7.92. The van der Waals surface area contributed by atoms with E-state index in [9.17, 15) is 26.0 Å². The summed E-state index contributed by atoms with van der Waals surface area (Å²) in [4.78, 5) is -1.09. The van der Waals surface area contributed by atoms with Crippen LogP contribution < -0.4 is 9.46 Å². The zero-order valence-corrected chi connectivity index (χ0v) is 11.8. The van der Waals surface area contributed by atoms with Gasteiger partial charge in [-0.2, -0.15) is 0 Å². The first-order valence-corrected chi connectivity index (χ1v) is 7.24. The molecule has 0 atom stereocenters. The van der Waals surface area contributed by atoms with Crippen LogP contribution in [0.2, 0.25) is 0 Å². The molecule has 0 bridgehead atoms. The summed E-state index contributed by atoms with van der Waals surface area (Å²) >= 11 is 0. The lowest BCUT2D eigenvalue weighted by molar-refractivity contribution is 0.386. The first-order chi connectivity index (χ1) is 10.3. The van der Waals surface area contributed by atoms with E-state index in [0.717, 1.165) is 18.2 Å². The molecule has 0 aliphatic heterocycles. The van der Waals surface area contributed by atoms with Gasteiger partial charge in [0.2, 0.25) is 0 Å². The molecule has 2 aromatic rings. The fourth-order valence-electron chi connectivity index (χ4n) is 1.66. The van der Waals surface area contributed by atoms with Crippen LogP contribution in [0, 0.1) is 23.3 Å². The fraction of sp³-hybridized carbons (Fsp3) is 0.0769. The predicted octanol–water partition coefficient (Wildman–Crippen LogP) is 3.05. The van der Waals surface area contributed by atoms with Gasteiger partial charge in [0.1, 0.15) is 4.90 Å². The van der Waals surface area contributed by atoms with Crippen molar-refractivity contribution in [2.75, 3.05) is 11.8 Å². The Kier molecular flexibility index (Phi) is 4.27. The van der Waals surface area contributed by atoms with Crippen molar-refractivity contribution in [1.82, 2.24) is 0 Å². The molecule has 0 saturated heterocycles. The number of nitrogens with one attached hydrogen (secondary N) is 1. The average Bonchev–Trinajstić information content (AvgIpc) is 2.44. The maximum Gasteiger partial charge on any atom is 0.264 e. The average molecular weight is 335 g/mol. The van der Waals surface area contributed by atoms with Crippen LogP contribution in [0.1, 0.15) is 0 Å². The van der Waals surface area contributed by atoms with Crippen molar-refractivity contribution in [3.63, 3.8) is 0 Å². The molecule has 2 rings (SSSR count). The molecule has 118 valence electrons. The predicted molar refractivity (Wildman–Crippen MR) is 70.1 cm³/mol. The lowest BCUT2D eigenvalue weighted by Crippen LogP contribution is -2.16. The largest absolute Gasteiger partial charge is 0.494 e. The molecule has 22 heavy (non-hydrogen) atoms. The summed E-state index contributed by atoms with van der Waals surface area (Å²) < 4.78 is 83.4. The maximum atomic E-state index is 13.5. The monoisotopic (exact) mass is 335 g/mol. The first-order valence-electron chi connectivity index (χ1n) is 5.76. The lowest BCUT2D eigenvalue weighted by Gasteiger charge is -2.10. The Morgan fingerprint density at radius 1 is 0.955 bits per heavy atom. The number of rotatable bonds is 4. The quantitative estimate of drug-likeness (QED) is 0.690. The molecule has 1 N–H and O–H groups in total. The smallest absolute Gasteiger partial charge is 0.264 e. The van der Waals surface area contributed by atoms with Gasteiger partial charge in [-0.1, -0.05) is 0 Å². The Hall–Kier alpha value is -2.29. The fourth-order valence-corrected chi connectivity index (χ4v) is 2.78. The van der Waals surface area contributed by atoms with Gasteiger partial charge in [0, 0.05) is 6.07 Å². The highest BCUT2D eigenvalue weighted by atomic mass is 32.2. The number of halogens is 4. The zero-order valence-electron chi connectivity index (χ0n) is 11.0. The van der Waals surface area contributed by atoms with Gasteiger partial charge in [0.05, 0.1) is 12.8 Å². The summed E-state index contributed by atoms with van der Waals surface area (Å²) in [6.07, 6.45) is 0. The molecule has 0 unspecified atom stereocenters. The summed E-state index contributed by atoms with van der Waals surface area (Å²) in [5, 5.41) is 0. The molecular formula is C13H9F4NO3S. The molecule has 0 heterocycles. The van der Waals surface area contributed by atoms with E-state index in [1.807, 2.05) is 4.72 Å². The highest BCUT2D eigenvalue weighted by Crippen LogP contribution is 2.25. The van der Waals surface area contributed by atoms with E-state index < -0.39 is 38.2 Å². The molecule has 0 aliphatic carbocycles. The molecule has 2 aromatic carbocycles. The molecule has 0 spiro atoms. The Balaban J connectivity index is 2.40. The van der Waals surface area contributed by atoms with Gasteiger partial charge in [-0.25, -0.2) is 26.0 Å². The minimum absolute atomic E-state index is 0.123. The Labute approximate surface area is 123 Å². The molecular weight excluding hydrogens is 326 g/mol. The van der Waals surface area contributed by atoms with Crippen molar-refractivity contribution in [2.24, 2.45) is 0 Å². The van der Waals surface area contributed by atoms with Crippen molar-refractivity contribution >= 4 is 15.7 Å². The molecule has 0 radical (unpaired) electrons. The second-order valence-corrected chi connectivity index (χ2v) is 5.78. The van der Waals surface area contributed by atoms with E-state index >= 15 is 0 Å². The van der Waals surface area contributed by atoms with Crippen molar-refractivity contribution in [2.45, 2.75) is 4.90 Å². The summed E-state index contributed by atoms with van der Waals surface area (Å²) in [7, 11) is -3.34. The first kappa shape index (κ1) is 16.1. The topological polar surface area (TPSA) is 55.4 Å². The third-order valence-corrected chi connectivity index (χ3v) is 4.09. The van der Waals surface area contributed by atoms with Crippen LogP contribution in [0.3, 0.4) is 0 Å². The van der Waals surface area contributed by atoms with Crippen molar-refractivity contribution in [1.29, 1.82) is 0 Å². The Bertz CT molecular complexity index is 824. The number of sulfonamides is 1. The summed E-state index contributed by atoms with van der Waals surface area (Å²) in [5.41, 5.74) is -0.234. The minimum Gasteiger partial charge on any atom is -0.494 e. The molecule has 9 heteroatoms. The van der Waals surface area contributed by atoms with Crippen LogP contribution in [0.15, 0.2) is 35.2 Å². The molecule has 0 saturated carbocycles. The van der Waals surface area contributed by atoms with E-state index in [0.29, 0.717) is 12.1 Å². The van der Waals surface area contributed by atoms with Gasteiger partial charge in [0.15, 0.2) is 29.0 Å². The Morgan fingerprint density at radius 2 is 1.64 bits per heavy atom. The summed E-state index contributed by atoms with van der Waals surface area (Å²) in [5.74, 6) is -6.27. The van der Waals surface area contributed by atoms with E-state index in [4.69, 9.17) is 0 Å².